The Morgan fingerprint density at radius 2 is 2.10 bits per heavy atom. The summed E-state index contributed by atoms with van der Waals surface area (Å²) in [6.07, 6.45) is 13.4. The summed E-state index contributed by atoms with van der Waals surface area (Å²) in [6.45, 7) is 1.04. The molecule has 0 unspecified atom stereocenters. The van der Waals surface area contributed by atoms with Crippen molar-refractivity contribution in [2.45, 2.75) is 38.5 Å². The zero-order chi connectivity index (χ0) is 13.6. The van der Waals surface area contributed by atoms with Gasteiger partial charge in [-0.05, 0) is 24.5 Å². The maximum absolute atomic E-state index is 4.38. The molecule has 106 valence electrons. The van der Waals surface area contributed by atoms with Crippen molar-refractivity contribution in [2.24, 2.45) is 5.92 Å². The van der Waals surface area contributed by atoms with Crippen LogP contribution in [0.1, 0.15) is 38.5 Å². The number of nitrogens with one attached hydrogen (secondary N) is 1. The van der Waals surface area contributed by atoms with Crippen LogP contribution in [0, 0.1) is 5.92 Å². The second-order valence-corrected chi connectivity index (χ2v) is 5.46. The summed E-state index contributed by atoms with van der Waals surface area (Å²) in [6, 6.07) is 4.00. The Balaban J connectivity index is 1.48. The maximum Gasteiger partial charge on any atom is 0.155 e. The van der Waals surface area contributed by atoms with Gasteiger partial charge in [-0.3, -0.25) is 0 Å². The molecule has 2 aromatic heterocycles. The highest BCUT2D eigenvalue weighted by Gasteiger charge is 2.12. The van der Waals surface area contributed by atoms with Crippen molar-refractivity contribution < 1.29 is 0 Å². The van der Waals surface area contributed by atoms with Gasteiger partial charge in [0.15, 0.2) is 5.82 Å². The van der Waals surface area contributed by atoms with Crippen LogP contribution in [0.25, 0.3) is 5.82 Å². The molecule has 0 amide bonds. The molecule has 0 aromatic carbocycles. The van der Waals surface area contributed by atoms with E-state index in [4.69, 9.17) is 0 Å². The number of pyridine rings is 1. The summed E-state index contributed by atoms with van der Waals surface area (Å²) < 4.78 is 1.66. The van der Waals surface area contributed by atoms with Crippen molar-refractivity contribution in [3.63, 3.8) is 0 Å². The van der Waals surface area contributed by atoms with Crippen molar-refractivity contribution in [1.29, 1.82) is 0 Å². The molecule has 5 nitrogen and oxygen atoms in total. The van der Waals surface area contributed by atoms with Crippen LogP contribution in [-0.2, 0) is 0 Å². The summed E-state index contributed by atoms with van der Waals surface area (Å²) in [5.41, 5.74) is 1.07. The van der Waals surface area contributed by atoms with E-state index in [2.05, 4.69) is 20.4 Å². The topological polar surface area (TPSA) is 55.6 Å². The first-order chi connectivity index (χ1) is 9.92. The summed E-state index contributed by atoms with van der Waals surface area (Å²) in [5.74, 6) is 1.71. The van der Waals surface area contributed by atoms with Gasteiger partial charge >= 0.3 is 0 Å². The van der Waals surface area contributed by atoms with Crippen molar-refractivity contribution in [3.8, 4) is 5.82 Å². The van der Waals surface area contributed by atoms with Crippen LogP contribution in [-0.4, -0.2) is 26.3 Å². The van der Waals surface area contributed by atoms with Gasteiger partial charge in [0.25, 0.3) is 0 Å². The number of nitrogens with zero attached hydrogens (tertiary/aromatic N) is 4. The fourth-order valence-electron chi connectivity index (χ4n) is 2.85. The Hall–Kier alpha value is -1.91. The van der Waals surface area contributed by atoms with Crippen LogP contribution in [0.3, 0.4) is 0 Å². The lowest BCUT2D eigenvalue weighted by Gasteiger charge is -2.21. The molecular weight excluding hydrogens is 250 g/mol. The quantitative estimate of drug-likeness (QED) is 0.908. The van der Waals surface area contributed by atoms with E-state index in [-0.39, 0.29) is 0 Å². The van der Waals surface area contributed by atoms with E-state index in [1.807, 2.05) is 18.3 Å². The maximum atomic E-state index is 4.38. The normalized spacial score (nSPS) is 16.2. The highest BCUT2D eigenvalue weighted by atomic mass is 15.3. The van der Waals surface area contributed by atoms with Gasteiger partial charge in [-0.15, -0.1) is 0 Å². The molecule has 0 atom stereocenters. The van der Waals surface area contributed by atoms with Crippen molar-refractivity contribution in [3.05, 3.63) is 31.0 Å². The van der Waals surface area contributed by atoms with E-state index in [1.54, 1.807) is 11.0 Å². The van der Waals surface area contributed by atoms with Crippen molar-refractivity contribution >= 4 is 5.69 Å². The summed E-state index contributed by atoms with van der Waals surface area (Å²) in [7, 11) is 0. The molecule has 3 rings (SSSR count). The van der Waals surface area contributed by atoms with Crippen LogP contribution < -0.4 is 5.32 Å². The predicted octanol–water partition coefficient (Wildman–Crippen LogP) is 3.04. The molecule has 1 aliphatic carbocycles. The van der Waals surface area contributed by atoms with E-state index in [0.717, 1.165) is 24.0 Å². The van der Waals surface area contributed by atoms with E-state index in [9.17, 15) is 0 Å². The molecule has 1 N–H and O–H groups in total. The second-order valence-electron chi connectivity index (χ2n) is 5.46. The minimum atomic E-state index is 0.792. The average Bonchev–Trinajstić information content (AvgIpc) is 3.03. The average molecular weight is 271 g/mol. The third-order valence-electron chi connectivity index (χ3n) is 4.01. The molecule has 0 aliphatic heterocycles. The minimum Gasteiger partial charge on any atom is -0.384 e. The van der Waals surface area contributed by atoms with Crippen molar-refractivity contribution in [1.82, 2.24) is 19.7 Å². The standard InChI is InChI=1S/C15H21N5/c1-2-4-13(5-3-1)8-9-17-14-6-7-15(18-10-14)20-12-16-11-19-20/h6-7,10-13,17H,1-5,8-9H2. The smallest absolute Gasteiger partial charge is 0.155 e. The number of rotatable bonds is 5. The molecule has 0 saturated heterocycles. The molecule has 20 heavy (non-hydrogen) atoms. The van der Waals surface area contributed by atoms with Crippen LogP contribution in [0.15, 0.2) is 31.0 Å². The first kappa shape index (κ1) is 13.1. The fourth-order valence-corrected chi connectivity index (χ4v) is 2.85. The van der Waals surface area contributed by atoms with Crippen LogP contribution >= 0.6 is 0 Å². The minimum absolute atomic E-state index is 0.792. The lowest BCUT2D eigenvalue weighted by atomic mass is 9.87. The number of hydrogen-bond acceptors (Lipinski definition) is 4. The van der Waals surface area contributed by atoms with Crippen molar-refractivity contribution in [2.75, 3.05) is 11.9 Å². The van der Waals surface area contributed by atoms with Gasteiger partial charge in [0.05, 0.1) is 11.9 Å². The Morgan fingerprint density at radius 1 is 1.20 bits per heavy atom. The first-order valence-corrected chi connectivity index (χ1v) is 7.47. The molecule has 5 heteroatoms. The summed E-state index contributed by atoms with van der Waals surface area (Å²) in [5, 5.41) is 7.52. The summed E-state index contributed by atoms with van der Waals surface area (Å²) in [4.78, 5) is 8.30. The van der Waals surface area contributed by atoms with E-state index in [0.29, 0.717) is 0 Å². The highest BCUT2D eigenvalue weighted by molar-refractivity contribution is 5.43. The number of hydrogen-bond donors (Lipinski definition) is 1. The highest BCUT2D eigenvalue weighted by Crippen LogP contribution is 2.26. The third kappa shape index (κ3) is 3.35. The van der Waals surface area contributed by atoms with Gasteiger partial charge in [0, 0.05) is 6.54 Å². The molecule has 0 spiro atoms. The molecule has 1 fully saturated rings. The molecule has 1 aliphatic rings. The number of anilines is 1. The Labute approximate surface area is 119 Å². The zero-order valence-corrected chi connectivity index (χ0v) is 11.7. The van der Waals surface area contributed by atoms with Gasteiger partial charge in [0.1, 0.15) is 12.7 Å². The van der Waals surface area contributed by atoms with Crippen LogP contribution in [0.5, 0.6) is 0 Å². The molecular formula is C15H21N5. The Morgan fingerprint density at radius 3 is 2.80 bits per heavy atom. The Bertz CT molecular complexity index is 500. The van der Waals surface area contributed by atoms with E-state index < -0.39 is 0 Å². The lowest BCUT2D eigenvalue weighted by molar-refractivity contribution is 0.345. The molecule has 2 heterocycles. The number of aromatic nitrogens is 4. The van der Waals surface area contributed by atoms with Gasteiger partial charge in [0.2, 0.25) is 0 Å². The third-order valence-corrected chi connectivity index (χ3v) is 4.01. The SMILES string of the molecule is c1ncn(-c2ccc(NCCC3CCCCC3)cn2)n1. The first-order valence-electron chi connectivity index (χ1n) is 7.47. The predicted molar refractivity (Wildman–Crippen MR) is 78.8 cm³/mol. The zero-order valence-electron chi connectivity index (χ0n) is 11.7. The monoisotopic (exact) mass is 271 g/mol. The molecule has 0 bridgehead atoms. The molecule has 1 saturated carbocycles. The van der Waals surface area contributed by atoms with Gasteiger partial charge < -0.3 is 5.32 Å². The lowest BCUT2D eigenvalue weighted by Crippen LogP contribution is -2.12. The largest absolute Gasteiger partial charge is 0.384 e. The van der Waals surface area contributed by atoms with Gasteiger partial charge in [-0.25, -0.2) is 14.6 Å². The van der Waals surface area contributed by atoms with E-state index >= 15 is 0 Å². The van der Waals surface area contributed by atoms with Gasteiger partial charge in [-0.2, -0.15) is 5.10 Å². The second kappa shape index (κ2) is 6.50. The summed E-state index contributed by atoms with van der Waals surface area (Å²) >= 11 is 0. The fraction of sp³-hybridized carbons (Fsp3) is 0.533. The van der Waals surface area contributed by atoms with Gasteiger partial charge in [-0.1, -0.05) is 32.1 Å². The molecule has 2 aromatic rings. The molecule has 0 radical (unpaired) electrons. The van der Waals surface area contributed by atoms with Crippen LogP contribution in [0.4, 0.5) is 5.69 Å². The van der Waals surface area contributed by atoms with E-state index in [1.165, 1.54) is 44.9 Å². The van der Waals surface area contributed by atoms with Crippen LogP contribution in [0.2, 0.25) is 0 Å². The Kier molecular flexibility index (Phi) is 4.25.